The van der Waals surface area contributed by atoms with Crippen molar-refractivity contribution in [1.29, 1.82) is 0 Å². The van der Waals surface area contributed by atoms with Gasteiger partial charge in [0.1, 0.15) is 0 Å². The number of nitrogens with zero attached hydrogens (tertiary/aromatic N) is 2. The molecule has 2 saturated heterocycles. The second-order valence-electron chi connectivity index (χ2n) is 4.92. The minimum Gasteiger partial charge on any atom is -0.322 e. The molecule has 0 aromatic heterocycles. The van der Waals surface area contributed by atoms with Crippen molar-refractivity contribution in [3.63, 3.8) is 0 Å². The van der Waals surface area contributed by atoms with Gasteiger partial charge in [0.2, 0.25) is 0 Å². The summed E-state index contributed by atoms with van der Waals surface area (Å²) in [5.74, 6) is 0. The third-order valence-electron chi connectivity index (χ3n) is 3.87. The molecule has 2 fully saturated rings. The Morgan fingerprint density at radius 2 is 2.00 bits per heavy atom. The molecule has 92 valence electrons. The fraction of sp³-hybridized carbons (Fsp3) is 0.917. The standard InChI is InChI=1S/C12H23N3O/c1-3-11-5-4-10(2)15(11)12(16)14-8-6-13-7-9-14/h10-11,13H,3-9H2,1-2H3. The molecule has 4 nitrogen and oxygen atoms in total. The van der Waals surface area contributed by atoms with Crippen LogP contribution in [0.1, 0.15) is 33.1 Å². The molecular formula is C12H23N3O. The van der Waals surface area contributed by atoms with Crippen molar-refractivity contribution in [3.8, 4) is 0 Å². The summed E-state index contributed by atoms with van der Waals surface area (Å²) < 4.78 is 0. The van der Waals surface area contributed by atoms with Crippen molar-refractivity contribution in [2.24, 2.45) is 0 Å². The molecule has 16 heavy (non-hydrogen) atoms. The molecule has 0 spiro atoms. The quantitative estimate of drug-likeness (QED) is 0.729. The molecule has 4 heteroatoms. The lowest BCUT2D eigenvalue weighted by Crippen LogP contribution is -2.54. The van der Waals surface area contributed by atoms with Crippen molar-refractivity contribution in [3.05, 3.63) is 0 Å². The first-order chi connectivity index (χ1) is 7.74. The molecule has 1 N–H and O–H groups in total. The molecule has 0 saturated carbocycles. The van der Waals surface area contributed by atoms with Gasteiger partial charge in [-0.05, 0) is 26.2 Å². The maximum Gasteiger partial charge on any atom is 0.320 e. The van der Waals surface area contributed by atoms with Gasteiger partial charge >= 0.3 is 6.03 Å². The molecular weight excluding hydrogens is 202 g/mol. The normalized spacial score (nSPS) is 30.9. The van der Waals surface area contributed by atoms with E-state index in [1.54, 1.807) is 0 Å². The number of nitrogens with one attached hydrogen (secondary N) is 1. The highest BCUT2D eigenvalue weighted by molar-refractivity contribution is 5.75. The largest absolute Gasteiger partial charge is 0.322 e. The Morgan fingerprint density at radius 1 is 1.31 bits per heavy atom. The van der Waals surface area contributed by atoms with E-state index in [4.69, 9.17) is 0 Å². The van der Waals surface area contributed by atoms with Crippen LogP contribution in [0.4, 0.5) is 4.79 Å². The van der Waals surface area contributed by atoms with Crippen LogP contribution in [0.5, 0.6) is 0 Å². The summed E-state index contributed by atoms with van der Waals surface area (Å²) in [6.07, 6.45) is 3.42. The molecule has 2 heterocycles. The van der Waals surface area contributed by atoms with Crippen molar-refractivity contribution in [2.45, 2.75) is 45.2 Å². The highest BCUT2D eigenvalue weighted by atomic mass is 16.2. The van der Waals surface area contributed by atoms with E-state index in [2.05, 4.69) is 24.1 Å². The van der Waals surface area contributed by atoms with Crippen LogP contribution < -0.4 is 5.32 Å². The SMILES string of the molecule is CCC1CCC(C)N1C(=O)N1CCNCC1. The summed E-state index contributed by atoms with van der Waals surface area (Å²) in [5.41, 5.74) is 0. The number of amides is 2. The molecule has 0 aromatic rings. The summed E-state index contributed by atoms with van der Waals surface area (Å²) in [7, 11) is 0. The van der Waals surface area contributed by atoms with E-state index in [1.165, 1.54) is 6.42 Å². The van der Waals surface area contributed by atoms with Gasteiger partial charge in [0, 0.05) is 38.3 Å². The molecule has 2 atom stereocenters. The smallest absolute Gasteiger partial charge is 0.320 e. The van der Waals surface area contributed by atoms with E-state index < -0.39 is 0 Å². The number of carbonyl (C=O) groups excluding carboxylic acids is 1. The highest BCUT2D eigenvalue weighted by Crippen LogP contribution is 2.27. The van der Waals surface area contributed by atoms with Crippen LogP contribution >= 0.6 is 0 Å². The van der Waals surface area contributed by atoms with Crippen molar-refractivity contribution >= 4 is 6.03 Å². The zero-order valence-electron chi connectivity index (χ0n) is 10.4. The lowest BCUT2D eigenvalue weighted by atomic mass is 10.2. The van der Waals surface area contributed by atoms with Gasteiger partial charge in [0.15, 0.2) is 0 Å². The highest BCUT2D eigenvalue weighted by Gasteiger charge is 2.35. The molecule has 2 aliphatic rings. The summed E-state index contributed by atoms with van der Waals surface area (Å²) in [6, 6.07) is 1.16. The lowest BCUT2D eigenvalue weighted by molar-refractivity contribution is 0.127. The lowest BCUT2D eigenvalue weighted by Gasteiger charge is -2.36. The van der Waals surface area contributed by atoms with Gasteiger partial charge in [-0.3, -0.25) is 0 Å². The van der Waals surface area contributed by atoms with E-state index in [1.807, 2.05) is 4.90 Å². The average molecular weight is 225 g/mol. The Balaban J connectivity index is 2.01. The molecule has 0 aliphatic carbocycles. The number of urea groups is 1. The minimum atomic E-state index is 0.262. The zero-order valence-corrected chi connectivity index (χ0v) is 10.4. The number of hydrogen-bond donors (Lipinski definition) is 1. The Bertz CT molecular complexity index is 251. The molecule has 0 radical (unpaired) electrons. The first kappa shape index (κ1) is 11.7. The van der Waals surface area contributed by atoms with Gasteiger partial charge in [-0.25, -0.2) is 4.79 Å². The van der Waals surface area contributed by atoms with Crippen LogP contribution in [0.25, 0.3) is 0 Å². The number of rotatable bonds is 1. The summed E-state index contributed by atoms with van der Waals surface area (Å²) in [6.45, 7) is 7.95. The monoisotopic (exact) mass is 225 g/mol. The van der Waals surface area contributed by atoms with Gasteiger partial charge in [0.05, 0.1) is 0 Å². The number of piperazine rings is 1. The average Bonchev–Trinajstić information content (AvgIpc) is 2.70. The second kappa shape index (κ2) is 5.04. The van der Waals surface area contributed by atoms with Gasteiger partial charge < -0.3 is 15.1 Å². The van der Waals surface area contributed by atoms with Crippen LogP contribution in [0.15, 0.2) is 0 Å². The predicted octanol–water partition coefficient (Wildman–Crippen LogP) is 1.27. The Hall–Kier alpha value is -0.770. The van der Waals surface area contributed by atoms with Crippen LogP contribution in [0, 0.1) is 0 Å². The third-order valence-corrected chi connectivity index (χ3v) is 3.87. The summed E-state index contributed by atoms with van der Waals surface area (Å²) in [4.78, 5) is 16.5. The Morgan fingerprint density at radius 3 is 2.62 bits per heavy atom. The van der Waals surface area contributed by atoms with E-state index >= 15 is 0 Å². The van der Waals surface area contributed by atoms with Crippen LogP contribution in [0.3, 0.4) is 0 Å². The van der Waals surface area contributed by atoms with E-state index in [-0.39, 0.29) is 6.03 Å². The van der Waals surface area contributed by atoms with E-state index in [9.17, 15) is 4.79 Å². The Labute approximate surface area is 98.0 Å². The van der Waals surface area contributed by atoms with E-state index in [0.29, 0.717) is 12.1 Å². The van der Waals surface area contributed by atoms with Gasteiger partial charge in [-0.15, -0.1) is 0 Å². The topological polar surface area (TPSA) is 35.6 Å². The third kappa shape index (κ3) is 2.17. The number of likely N-dealkylation sites (tertiary alicyclic amines) is 1. The van der Waals surface area contributed by atoms with Crippen molar-refractivity contribution < 1.29 is 4.79 Å². The van der Waals surface area contributed by atoms with Crippen LogP contribution in [-0.4, -0.2) is 54.1 Å². The minimum absolute atomic E-state index is 0.262. The molecule has 2 unspecified atom stereocenters. The van der Waals surface area contributed by atoms with Crippen molar-refractivity contribution in [2.75, 3.05) is 26.2 Å². The molecule has 0 aromatic carbocycles. The zero-order chi connectivity index (χ0) is 11.5. The number of hydrogen-bond acceptors (Lipinski definition) is 2. The molecule has 2 aliphatic heterocycles. The van der Waals surface area contributed by atoms with Crippen LogP contribution in [-0.2, 0) is 0 Å². The molecule has 0 bridgehead atoms. The number of carbonyl (C=O) groups is 1. The van der Waals surface area contributed by atoms with Gasteiger partial charge in [-0.2, -0.15) is 0 Å². The van der Waals surface area contributed by atoms with Gasteiger partial charge in [-0.1, -0.05) is 6.92 Å². The fourth-order valence-corrected chi connectivity index (χ4v) is 2.84. The molecule has 2 amide bonds. The van der Waals surface area contributed by atoms with Gasteiger partial charge in [0.25, 0.3) is 0 Å². The summed E-state index contributed by atoms with van der Waals surface area (Å²) >= 11 is 0. The predicted molar refractivity (Wildman–Crippen MR) is 64.5 cm³/mol. The second-order valence-corrected chi connectivity index (χ2v) is 4.92. The first-order valence-corrected chi connectivity index (χ1v) is 6.52. The first-order valence-electron chi connectivity index (χ1n) is 6.52. The van der Waals surface area contributed by atoms with Crippen LogP contribution in [0.2, 0.25) is 0 Å². The van der Waals surface area contributed by atoms with E-state index in [0.717, 1.165) is 39.0 Å². The maximum absolute atomic E-state index is 12.4. The van der Waals surface area contributed by atoms with Crippen molar-refractivity contribution in [1.82, 2.24) is 15.1 Å². The fourth-order valence-electron chi connectivity index (χ4n) is 2.84. The Kier molecular flexibility index (Phi) is 3.69. The summed E-state index contributed by atoms with van der Waals surface area (Å²) in [5, 5.41) is 3.28. The molecule has 2 rings (SSSR count). The maximum atomic E-state index is 12.4.